The molecule has 9 heteroatoms. The van der Waals surface area contributed by atoms with Gasteiger partial charge in [-0.2, -0.15) is 0 Å². The maximum atomic E-state index is 14.2. The van der Waals surface area contributed by atoms with Gasteiger partial charge in [0.1, 0.15) is 5.82 Å². The Morgan fingerprint density at radius 3 is 2.67 bits per heavy atom. The number of amides is 1. The van der Waals surface area contributed by atoms with E-state index in [0.717, 1.165) is 17.8 Å². The van der Waals surface area contributed by atoms with Crippen molar-refractivity contribution >= 4 is 18.1 Å². The largest absolute Gasteiger partial charge is 0.378 e. The van der Waals surface area contributed by atoms with Gasteiger partial charge < -0.3 is 19.2 Å². The summed E-state index contributed by atoms with van der Waals surface area (Å²) < 4.78 is 49.3. The molecule has 3 heterocycles. The topological polar surface area (TPSA) is 50.3 Å². The van der Waals surface area contributed by atoms with Gasteiger partial charge in [0.05, 0.1) is 19.6 Å². The second-order valence-corrected chi connectivity index (χ2v) is 7.18. The fourth-order valence-electron chi connectivity index (χ4n) is 3.83. The van der Waals surface area contributed by atoms with Crippen molar-refractivity contribution in [2.45, 2.75) is 25.3 Å². The zero-order chi connectivity index (χ0) is 19.1. The summed E-state index contributed by atoms with van der Waals surface area (Å²) >= 11 is 5.30. The van der Waals surface area contributed by atoms with Crippen LogP contribution >= 0.6 is 12.2 Å². The molecule has 1 amide bonds. The van der Waals surface area contributed by atoms with Crippen molar-refractivity contribution in [1.29, 1.82) is 0 Å². The summed E-state index contributed by atoms with van der Waals surface area (Å²) in [5.74, 6) is -3.62. The van der Waals surface area contributed by atoms with E-state index in [1.807, 2.05) is 0 Å². The molecule has 1 aromatic carbocycles. The van der Waals surface area contributed by atoms with Gasteiger partial charge in [0.2, 0.25) is 5.91 Å². The number of carbonyl (C=O) groups excluding carboxylic acids is 1. The number of nitrogens with zero attached hydrogens (tertiary/aromatic N) is 2. The van der Waals surface area contributed by atoms with Gasteiger partial charge in [-0.3, -0.25) is 4.79 Å². The molecular weight excluding hydrogens is 379 g/mol. The lowest BCUT2D eigenvalue weighted by Crippen LogP contribution is -2.41. The quantitative estimate of drug-likeness (QED) is 0.640. The summed E-state index contributed by atoms with van der Waals surface area (Å²) in [4.78, 5) is 17.3. The number of morpholine rings is 1. The second-order valence-electron chi connectivity index (χ2n) is 6.79. The molecule has 2 aliphatic heterocycles. The Balaban J connectivity index is 1.58. The molecule has 1 fully saturated rings. The summed E-state index contributed by atoms with van der Waals surface area (Å²) in [6, 6.07) is 1.72. The number of aromatic amines is 1. The average Bonchev–Trinajstić information content (AvgIpc) is 3.21. The lowest BCUT2D eigenvalue weighted by Gasteiger charge is -2.26. The standard InChI is InChI=1S/C18H18F3N3O2S/c19-11-1-2-12(20)17(21)16(11)10-7-14-13(22-18(27)24(14)9-10)8-15(25)23-3-5-26-6-4-23/h1-2,10H,3-9H2,(H,22,27). The van der Waals surface area contributed by atoms with Crippen LogP contribution in [0, 0.1) is 22.2 Å². The Morgan fingerprint density at radius 1 is 1.22 bits per heavy atom. The van der Waals surface area contributed by atoms with Gasteiger partial charge in [-0.25, -0.2) is 13.2 Å². The van der Waals surface area contributed by atoms with E-state index in [1.165, 1.54) is 0 Å². The molecule has 0 radical (unpaired) electrons. The number of benzene rings is 1. The molecule has 27 heavy (non-hydrogen) atoms. The predicted molar refractivity (Wildman–Crippen MR) is 93.5 cm³/mol. The highest BCUT2D eigenvalue weighted by molar-refractivity contribution is 7.71. The molecule has 0 aliphatic carbocycles. The van der Waals surface area contributed by atoms with Crippen LogP contribution in [-0.4, -0.2) is 46.7 Å². The molecule has 1 N–H and O–H groups in total. The number of imidazole rings is 1. The van der Waals surface area contributed by atoms with Crippen LogP contribution in [0.3, 0.4) is 0 Å². The lowest BCUT2D eigenvalue weighted by atomic mass is 9.95. The third kappa shape index (κ3) is 3.29. The van der Waals surface area contributed by atoms with Crippen molar-refractivity contribution < 1.29 is 22.7 Å². The van der Waals surface area contributed by atoms with Crippen LogP contribution in [0.1, 0.15) is 22.9 Å². The molecular formula is C18H18F3N3O2S. The van der Waals surface area contributed by atoms with Crippen molar-refractivity contribution in [3.05, 3.63) is 51.3 Å². The molecule has 1 atom stereocenters. The minimum absolute atomic E-state index is 0.0514. The van der Waals surface area contributed by atoms with Gasteiger partial charge in [0.25, 0.3) is 0 Å². The van der Waals surface area contributed by atoms with E-state index in [4.69, 9.17) is 17.0 Å². The third-order valence-corrected chi connectivity index (χ3v) is 5.52. The lowest BCUT2D eigenvalue weighted by molar-refractivity contribution is -0.134. The van der Waals surface area contributed by atoms with Crippen LogP contribution in [0.15, 0.2) is 12.1 Å². The first-order valence-corrected chi connectivity index (χ1v) is 9.16. The zero-order valence-corrected chi connectivity index (χ0v) is 15.3. The molecule has 2 aliphatic rings. The third-order valence-electron chi connectivity index (χ3n) is 5.20. The highest BCUT2D eigenvalue weighted by Gasteiger charge is 2.32. The van der Waals surface area contributed by atoms with Gasteiger partial charge >= 0.3 is 0 Å². The van der Waals surface area contributed by atoms with Crippen molar-refractivity contribution in [2.24, 2.45) is 0 Å². The molecule has 5 nitrogen and oxygen atoms in total. The Hall–Kier alpha value is -2.13. The summed E-state index contributed by atoms with van der Waals surface area (Å²) in [5, 5.41) is 0. The number of fused-ring (bicyclic) bond motifs is 1. The molecule has 0 saturated carbocycles. The Bertz CT molecular complexity index is 950. The van der Waals surface area contributed by atoms with Gasteiger partial charge in [-0.1, -0.05) is 0 Å². The molecule has 0 spiro atoms. The molecule has 144 valence electrons. The van der Waals surface area contributed by atoms with Crippen molar-refractivity contribution in [2.75, 3.05) is 26.3 Å². The minimum Gasteiger partial charge on any atom is -0.378 e. The first-order valence-electron chi connectivity index (χ1n) is 8.75. The van der Waals surface area contributed by atoms with Crippen molar-refractivity contribution in [3.8, 4) is 0 Å². The average molecular weight is 397 g/mol. The summed E-state index contributed by atoms with van der Waals surface area (Å²) in [6.45, 7) is 2.34. The van der Waals surface area contributed by atoms with Crippen LogP contribution in [-0.2, 0) is 28.9 Å². The van der Waals surface area contributed by atoms with Crippen LogP contribution in [0.25, 0.3) is 0 Å². The highest BCUT2D eigenvalue weighted by atomic mass is 32.1. The van der Waals surface area contributed by atoms with Gasteiger partial charge in [0.15, 0.2) is 16.4 Å². The van der Waals surface area contributed by atoms with Crippen molar-refractivity contribution in [1.82, 2.24) is 14.5 Å². The number of rotatable bonds is 3. The van der Waals surface area contributed by atoms with E-state index >= 15 is 0 Å². The van der Waals surface area contributed by atoms with E-state index in [2.05, 4.69) is 4.98 Å². The Kier molecular flexibility index (Phi) is 4.81. The van der Waals surface area contributed by atoms with Gasteiger partial charge in [-0.15, -0.1) is 0 Å². The molecule has 1 aromatic heterocycles. The normalized spacial score (nSPS) is 19.4. The molecule has 2 aromatic rings. The maximum absolute atomic E-state index is 14.2. The fraction of sp³-hybridized carbons (Fsp3) is 0.444. The first-order chi connectivity index (χ1) is 13.0. The number of halogens is 3. The van der Waals surface area contributed by atoms with E-state index in [1.54, 1.807) is 9.47 Å². The van der Waals surface area contributed by atoms with Crippen LogP contribution in [0.2, 0.25) is 0 Å². The van der Waals surface area contributed by atoms with E-state index in [-0.39, 0.29) is 30.9 Å². The highest BCUT2D eigenvalue weighted by Crippen LogP contribution is 2.35. The maximum Gasteiger partial charge on any atom is 0.228 e. The Morgan fingerprint density at radius 2 is 1.93 bits per heavy atom. The van der Waals surface area contributed by atoms with Gasteiger partial charge in [-0.05, 0) is 30.8 Å². The number of hydrogen-bond acceptors (Lipinski definition) is 3. The number of aromatic nitrogens is 2. The summed E-state index contributed by atoms with van der Waals surface area (Å²) in [5.41, 5.74) is 1.13. The summed E-state index contributed by atoms with van der Waals surface area (Å²) in [6.07, 6.45) is 0.420. The molecule has 0 bridgehead atoms. The monoisotopic (exact) mass is 397 g/mol. The minimum atomic E-state index is -1.16. The number of hydrogen-bond donors (Lipinski definition) is 1. The van der Waals surface area contributed by atoms with E-state index < -0.39 is 23.4 Å². The smallest absolute Gasteiger partial charge is 0.228 e. The molecule has 1 saturated heterocycles. The van der Waals surface area contributed by atoms with Crippen molar-refractivity contribution in [3.63, 3.8) is 0 Å². The summed E-state index contributed by atoms with van der Waals surface area (Å²) in [7, 11) is 0. The van der Waals surface area contributed by atoms with E-state index in [9.17, 15) is 18.0 Å². The first kappa shape index (κ1) is 18.2. The second kappa shape index (κ2) is 7.12. The van der Waals surface area contributed by atoms with Gasteiger partial charge in [0, 0.05) is 42.5 Å². The number of carbonyl (C=O) groups is 1. The number of ether oxygens (including phenoxy) is 1. The molecule has 1 unspecified atom stereocenters. The van der Waals surface area contributed by atoms with E-state index in [0.29, 0.717) is 36.8 Å². The SMILES string of the molecule is O=C(Cc1[nH]c(=S)n2c1CC(c1c(F)ccc(F)c1F)C2)N1CCOCC1. The number of nitrogens with one attached hydrogen (secondary N) is 1. The molecule has 4 rings (SSSR count). The fourth-order valence-corrected chi connectivity index (χ4v) is 4.14. The Labute approximate surface area is 158 Å². The zero-order valence-electron chi connectivity index (χ0n) is 14.4. The van der Waals surface area contributed by atoms with Crippen LogP contribution < -0.4 is 0 Å². The van der Waals surface area contributed by atoms with Crippen LogP contribution in [0.5, 0.6) is 0 Å². The predicted octanol–water partition coefficient (Wildman–Crippen LogP) is 2.70. The number of H-pyrrole nitrogens is 1. The van der Waals surface area contributed by atoms with Crippen LogP contribution in [0.4, 0.5) is 13.2 Å².